The van der Waals surface area contributed by atoms with Crippen molar-refractivity contribution in [3.8, 4) is 5.75 Å². The first kappa shape index (κ1) is 22.7. The predicted molar refractivity (Wildman–Crippen MR) is 119 cm³/mol. The topological polar surface area (TPSA) is 59.5 Å². The summed E-state index contributed by atoms with van der Waals surface area (Å²) in [4.78, 5) is 32.5. The van der Waals surface area contributed by atoms with Gasteiger partial charge in [0.2, 0.25) is 11.8 Å². The Morgan fingerprint density at radius 2 is 1.50 bits per heavy atom. The van der Waals surface area contributed by atoms with Gasteiger partial charge in [-0.15, -0.1) is 13.2 Å². The fourth-order valence-corrected chi connectivity index (χ4v) is 5.87. The third-order valence-corrected chi connectivity index (χ3v) is 7.08. The van der Waals surface area contributed by atoms with Gasteiger partial charge in [-0.3, -0.25) is 14.6 Å². The molecule has 2 aliphatic rings. The molecule has 1 saturated heterocycles. The average molecular weight is 507 g/mol. The van der Waals surface area contributed by atoms with Crippen molar-refractivity contribution in [3.63, 3.8) is 0 Å². The fourth-order valence-electron chi connectivity index (χ4n) is 5.35. The Bertz CT molecular complexity index is 1300. The van der Waals surface area contributed by atoms with Crippen LogP contribution in [0.25, 0.3) is 0 Å². The zero-order chi connectivity index (χ0) is 24.5. The quantitative estimate of drug-likeness (QED) is 0.420. The molecular weight excluding hydrogens is 492 g/mol. The molecule has 2 amide bonds. The summed E-state index contributed by atoms with van der Waals surface area (Å²) in [6, 6.07) is 13.1. The van der Waals surface area contributed by atoms with Gasteiger partial charge in [-0.05, 0) is 60.5 Å². The number of carbonyl (C=O) groups is 2. The van der Waals surface area contributed by atoms with E-state index in [-0.39, 0.29) is 15.7 Å². The SMILES string of the molecule is C[C@]12C(=O)N(c3cc(Cl)cc(Cl)c3)C(=O)C1[C@@]2(c1ccncc1)c1ccc(OC(F)(F)F)cc1. The van der Waals surface area contributed by atoms with Crippen LogP contribution < -0.4 is 9.64 Å². The maximum Gasteiger partial charge on any atom is 0.573 e. The third-order valence-electron chi connectivity index (χ3n) is 6.65. The second-order valence-corrected chi connectivity index (χ2v) is 9.23. The number of hydrogen-bond acceptors (Lipinski definition) is 4. The summed E-state index contributed by atoms with van der Waals surface area (Å²) < 4.78 is 41.8. The van der Waals surface area contributed by atoms with Gasteiger partial charge in [0.15, 0.2) is 0 Å². The fraction of sp³-hybridized carbons (Fsp3) is 0.208. The highest BCUT2D eigenvalue weighted by atomic mass is 35.5. The van der Waals surface area contributed by atoms with Crippen molar-refractivity contribution < 1.29 is 27.5 Å². The number of alkyl halides is 3. The lowest BCUT2D eigenvalue weighted by Crippen LogP contribution is -2.42. The number of ether oxygens (including phenoxy) is 1. The van der Waals surface area contributed by atoms with Crippen molar-refractivity contribution in [2.75, 3.05) is 4.90 Å². The van der Waals surface area contributed by atoms with Crippen molar-refractivity contribution >= 4 is 40.7 Å². The molecule has 2 fully saturated rings. The Morgan fingerprint density at radius 3 is 2.00 bits per heavy atom. The molecular formula is C24H15Cl2F3N2O3. The number of anilines is 1. The van der Waals surface area contributed by atoms with E-state index in [1.807, 2.05) is 0 Å². The molecule has 34 heavy (non-hydrogen) atoms. The number of fused-ring (bicyclic) bond motifs is 1. The highest BCUT2D eigenvalue weighted by molar-refractivity contribution is 6.36. The lowest BCUT2D eigenvalue weighted by molar-refractivity contribution is -0.274. The van der Waals surface area contributed by atoms with Crippen LogP contribution in [0.4, 0.5) is 18.9 Å². The van der Waals surface area contributed by atoms with E-state index in [0.717, 1.165) is 4.90 Å². The van der Waals surface area contributed by atoms with Crippen LogP contribution in [-0.2, 0) is 15.0 Å². The Morgan fingerprint density at radius 1 is 0.941 bits per heavy atom. The molecule has 1 aliphatic heterocycles. The lowest BCUT2D eigenvalue weighted by atomic mass is 9.79. The van der Waals surface area contributed by atoms with Gasteiger partial charge in [-0.1, -0.05) is 35.3 Å². The molecule has 10 heteroatoms. The van der Waals surface area contributed by atoms with E-state index in [9.17, 15) is 22.8 Å². The van der Waals surface area contributed by atoms with Crippen molar-refractivity contribution in [1.82, 2.24) is 4.98 Å². The normalized spacial score (nSPS) is 25.9. The number of imide groups is 1. The van der Waals surface area contributed by atoms with E-state index in [1.165, 1.54) is 42.5 Å². The average Bonchev–Trinajstić information content (AvgIpc) is 3.28. The van der Waals surface area contributed by atoms with E-state index in [4.69, 9.17) is 23.2 Å². The van der Waals surface area contributed by atoms with Crippen molar-refractivity contribution in [1.29, 1.82) is 0 Å². The van der Waals surface area contributed by atoms with Crippen molar-refractivity contribution in [3.05, 3.63) is 88.2 Å². The molecule has 2 heterocycles. The largest absolute Gasteiger partial charge is 0.573 e. The third kappa shape index (κ3) is 3.12. The number of halogens is 5. The van der Waals surface area contributed by atoms with Gasteiger partial charge < -0.3 is 4.74 Å². The van der Waals surface area contributed by atoms with Crippen LogP contribution in [0.1, 0.15) is 18.1 Å². The summed E-state index contributed by atoms with van der Waals surface area (Å²) in [5, 5.41) is 0.545. The first-order chi connectivity index (χ1) is 16.0. The minimum absolute atomic E-state index is 0.262. The Kier molecular flexibility index (Phi) is 4.97. The number of pyridine rings is 1. The van der Waals surface area contributed by atoms with Gasteiger partial charge in [0, 0.05) is 27.9 Å². The number of rotatable bonds is 4. The Labute approximate surface area is 202 Å². The summed E-state index contributed by atoms with van der Waals surface area (Å²) in [6.07, 6.45) is -1.75. The molecule has 174 valence electrons. The zero-order valence-corrected chi connectivity index (χ0v) is 18.9. The minimum Gasteiger partial charge on any atom is -0.406 e. The molecule has 3 atom stereocenters. The lowest BCUT2D eigenvalue weighted by Gasteiger charge is -2.29. The molecule has 5 rings (SSSR count). The van der Waals surface area contributed by atoms with Crippen LogP contribution in [0.2, 0.25) is 10.0 Å². The first-order valence-corrected chi connectivity index (χ1v) is 10.9. The van der Waals surface area contributed by atoms with Gasteiger partial charge in [0.25, 0.3) is 0 Å². The van der Waals surface area contributed by atoms with Crippen LogP contribution in [0.15, 0.2) is 67.0 Å². The molecule has 0 bridgehead atoms. The summed E-state index contributed by atoms with van der Waals surface area (Å²) >= 11 is 12.2. The van der Waals surface area contributed by atoms with Gasteiger partial charge >= 0.3 is 6.36 Å². The van der Waals surface area contributed by atoms with E-state index in [0.29, 0.717) is 11.1 Å². The molecule has 1 aromatic heterocycles. The molecule has 1 saturated carbocycles. The number of benzene rings is 2. The molecule has 1 unspecified atom stereocenters. The highest BCUT2D eigenvalue weighted by Crippen LogP contribution is 2.76. The van der Waals surface area contributed by atoms with Crippen LogP contribution in [0.3, 0.4) is 0 Å². The number of aromatic nitrogens is 1. The molecule has 0 spiro atoms. The summed E-state index contributed by atoms with van der Waals surface area (Å²) in [5.41, 5.74) is -0.832. The number of hydrogen-bond donors (Lipinski definition) is 0. The molecule has 0 N–H and O–H groups in total. The smallest absolute Gasteiger partial charge is 0.406 e. The van der Waals surface area contributed by atoms with Crippen LogP contribution in [-0.4, -0.2) is 23.2 Å². The molecule has 3 aromatic rings. The monoisotopic (exact) mass is 506 g/mol. The zero-order valence-electron chi connectivity index (χ0n) is 17.4. The van der Waals surface area contributed by atoms with Crippen molar-refractivity contribution in [2.24, 2.45) is 11.3 Å². The summed E-state index contributed by atoms with van der Waals surface area (Å²) in [5.74, 6) is -2.08. The maximum atomic E-state index is 13.7. The second kappa shape index (κ2) is 7.45. The Balaban J connectivity index is 1.61. The van der Waals surface area contributed by atoms with E-state index in [2.05, 4.69) is 9.72 Å². The van der Waals surface area contributed by atoms with E-state index < -0.39 is 40.7 Å². The highest BCUT2D eigenvalue weighted by Gasteiger charge is 2.86. The molecule has 1 aliphatic carbocycles. The summed E-state index contributed by atoms with van der Waals surface area (Å²) in [6.45, 7) is 1.69. The van der Waals surface area contributed by atoms with Crippen LogP contribution in [0, 0.1) is 11.3 Å². The standard InChI is InChI=1S/C24H15Cl2F3N2O3/c1-22-19(20(32)31(21(22)33)17-11-15(25)10-16(26)12-17)23(22,14-6-8-30-9-7-14)13-2-4-18(5-3-13)34-24(27,28)29/h2-12,19H,1H3/t19?,22-,23+/m1/s1. The Hall–Kier alpha value is -3.10. The maximum absolute atomic E-state index is 13.7. The number of amides is 2. The number of nitrogens with zero attached hydrogens (tertiary/aromatic N) is 2. The first-order valence-electron chi connectivity index (χ1n) is 10.1. The van der Waals surface area contributed by atoms with Gasteiger partial charge in [-0.2, -0.15) is 0 Å². The van der Waals surface area contributed by atoms with Gasteiger partial charge in [0.05, 0.1) is 17.0 Å². The molecule has 2 aromatic carbocycles. The van der Waals surface area contributed by atoms with Crippen LogP contribution >= 0.6 is 23.2 Å². The van der Waals surface area contributed by atoms with Crippen molar-refractivity contribution in [2.45, 2.75) is 18.7 Å². The predicted octanol–water partition coefficient (Wildman–Crippen LogP) is 5.78. The van der Waals surface area contributed by atoms with E-state index in [1.54, 1.807) is 31.5 Å². The van der Waals surface area contributed by atoms with Gasteiger partial charge in [-0.25, -0.2) is 4.90 Å². The second-order valence-electron chi connectivity index (χ2n) is 8.36. The minimum atomic E-state index is -4.84. The van der Waals surface area contributed by atoms with E-state index >= 15 is 0 Å². The number of carbonyl (C=O) groups excluding carboxylic acids is 2. The number of piperidine rings is 1. The molecule has 5 nitrogen and oxygen atoms in total. The van der Waals surface area contributed by atoms with Crippen LogP contribution in [0.5, 0.6) is 5.75 Å². The summed E-state index contributed by atoms with van der Waals surface area (Å²) in [7, 11) is 0. The molecule has 0 radical (unpaired) electrons. The van der Waals surface area contributed by atoms with Gasteiger partial charge in [0.1, 0.15) is 5.75 Å².